The minimum absolute atomic E-state index is 0.0254. The summed E-state index contributed by atoms with van der Waals surface area (Å²) in [5.74, 6) is 1.77. The van der Waals surface area contributed by atoms with Crippen molar-refractivity contribution in [3.8, 4) is 0 Å². The number of hydrogen-bond acceptors (Lipinski definition) is 4. The Labute approximate surface area is 183 Å². The number of carbonyl (C=O) groups excluding carboxylic acids is 2. The lowest BCUT2D eigenvalue weighted by Gasteiger charge is -2.23. The van der Waals surface area contributed by atoms with Crippen LogP contribution in [0.1, 0.15) is 61.6 Å². The second kappa shape index (κ2) is 8.88. The number of amides is 2. The molecule has 1 aromatic heterocycles. The molecule has 162 valence electrons. The highest BCUT2D eigenvalue weighted by Gasteiger charge is 2.31. The van der Waals surface area contributed by atoms with E-state index in [2.05, 4.69) is 45.9 Å². The van der Waals surface area contributed by atoms with E-state index in [1.54, 1.807) is 41.6 Å². The standard InChI is InChI=1S/C24H32N2O3S/c1-16-7-8-18(24(3,4)5)13-22(16)30-15-20-9-10-21(29-20)23(28)26-12-11-19(14-26)25(6)17(2)27/h7-10,13,19H,11-12,14-15H2,1-6H3. The van der Waals surface area contributed by atoms with Crippen LogP contribution in [0.15, 0.2) is 39.6 Å². The fraction of sp³-hybridized carbons (Fsp3) is 0.500. The summed E-state index contributed by atoms with van der Waals surface area (Å²) in [5, 5.41) is 0. The summed E-state index contributed by atoms with van der Waals surface area (Å²) in [7, 11) is 1.79. The van der Waals surface area contributed by atoms with Gasteiger partial charge in [0.25, 0.3) is 5.91 Å². The summed E-state index contributed by atoms with van der Waals surface area (Å²) in [4.78, 5) is 29.1. The Hall–Kier alpha value is -2.21. The van der Waals surface area contributed by atoms with Crippen molar-refractivity contribution in [3.05, 3.63) is 53.0 Å². The predicted octanol–water partition coefficient (Wildman–Crippen LogP) is 4.87. The first-order valence-corrected chi connectivity index (χ1v) is 11.4. The molecule has 2 heterocycles. The Kier molecular flexibility index (Phi) is 6.65. The largest absolute Gasteiger partial charge is 0.455 e. The fourth-order valence-corrected chi connectivity index (χ4v) is 4.56. The molecule has 1 aliphatic rings. The average molecular weight is 429 g/mol. The molecule has 1 atom stereocenters. The molecule has 2 aromatic rings. The third kappa shape index (κ3) is 5.09. The Morgan fingerprint density at radius 1 is 1.23 bits per heavy atom. The van der Waals surface area contributed by atoms with Crippen LogP contribution in [0.4, 0.5) is 0 Å². The lowest BCUT2D eigenvalue weighted by Crippen LogP contribution is -2.38. The van der Waals surface area contributed by atoms with Crippen LogP contribution in [-0.2, 0) is 16.0 Å². The van der Waals surface area contributed by atoms with E-state index >= 15 is 0 Å². The number of hydrogen-bond donors (Lipinski definition) is 0. The number of thioether (sulfide) groups is 1. The van der Waals surface area contributed by atoms with Gasteiger partial charge in [-0.25, -0.2) is 0 Å². The van der Waals surface area contributed by atoms with Gasteiger partial charge in [-0.1, -0.05) is 32.9 Å². The Morgan fingerprint density at radius 2 is 1.97 bits per heavy atom. The maximum atomic E-state index is 12.8. The number of benzene rings is 1. The summed E-state index contributed by atoms with van der Waals surface area (Å²) >= 11 is 1.73. The number of furan rings is 1. The number of rotatable bonds is 5. The van der Waals surface area contributed by atoms with Crippen molar-refractivity contribution < 1.29 is 14.0 Å². The van der Waals surface area contributed by atoms with Gasteiger partial charge in [0.2, 0.25) is 5.91 Å². The third-order valence-electron chi connectivity index (χ3n) is 5.79. The smallest absolute Gasteiger partial charge is 0.289 e. The summed E-state index contributed by atoms with van der Waals surface area (Å²) < 4.78 is 5.87. The minimum atomic E-state index is -0.100. The quantitative estimate of drug-likeness (QED) is 0.638. The number of aryl methyl sites for hydroxylation is 1. The van der Waals surface area contributed by atoms with E-state index in [9.17, 15) is 9.59 Å². The zero-order valence-corrected chi connectivity index (χ0v) is 19.6. The molecule has 1 fully saturated rings. The summed E-state index contributed by atoms with van der Waals surface area (Å²) in [6.45, 7) is 11.5. The minimum Gasteiger partial charge on any atom is -0.455 e. The molecule has 1 aliphatic heterocycles. The molecule has 0 radical (unpaired) electrons. The zero-order valence-electron chi connectivity index (χ0n) is 18.8. The number of carbonyl (C=O) groups is 2. The molecule has 30 heavy (non-hydrogen) atoms. The van der Waals surface area contributed by atoms with Gasteiger partial charge in [0.15, 0.2) is 5.76 Å². The van der Waals surface area contributed by atoms with E-state index in [1.165, 1.54) is 16.0 Å². The molecule has 0 N–H and O–H groups in total. The van der Waals surface area contributed by atoms with Crippen molar-refractivity contribution in [2.24, 2.45) is 0 Å². The third-order valence-corrected chi connectivity index (χ3v) is 6.97. The lowest BCUT2D eigenvalue weighted by molar-refractivity contribution is -0.129. The van der Waals surface area contributed by atoms with Crippen molar-refractivity contribution >= 4 is 23.6 Å². The monoisotopic (exact) mass is 428 g/mol. The lowest BCUT2D eigenvalue weighted by atomic mass is 9.87. The van der Waals surface area contributed by atoms with Crippen LogP contribution in [0.3, 0.4) is 0 Å². The van der Waals surface area contributed by atoms with Gasteiger partial charge in [-0.2, -0.15) is 0 Å². The SMILES string of the molecule is CC(=O)N(C)C1CCN(C(=O)c2ccc(CSc3cc(C(C)(C)C)ccc3C)o2)C1. The second-order valence-electron chi connectivity index (χ2n) is 9.11. The van der Waals surface area contributed by atoms with E-state index in [-0.39, 0.29) is 23.3 Å². The van der Waals surface area contributed by atoms with E-state index in [0.29, 0.717) is 24.6 Å². The van der Waals surface area contributed by atoms with E-state index < -0.39 is 0 Å². The molecule has 1 unspecified atom stereocenters. The molecule has 3 rings (SSSR count). The van der Waals surface area contributed by atoms with E-state index in [4.69, 9.17) is 4.42 Å². The maximum Gasteiger partial charge on any atom is 0.289 e. The molecule has 0 saturated carbocycles. The Bertz CT molecular complexity index is 929. The molecule has 1 aromatic carbocycles. The highest BCUT2D eigenvalue weighted by atomic mass is 32.2. The average Bonchev–Trinajstić information content (AvgIpc) is 3.35. The molecule has 0 spiro atoms. The van der Waals surface area contributed by atoms with Crippen molar-refractivity contribution in [2.75, 3.05) is 20.1 Å². The van der Waals surface area contributed by atoms with Gasteiger partial charge in [0, 0.05) is 32.0 Å². The fourth-order valence-electron chi connectivity index (χ4n) is 3.60. The maximum absolute atomic E-state index is 12.8. The summed E-state index contributed by atoms with van der Waals surface area (Å²) in [5.41, 5.74) is 2.66. The predicted molar refractivity (Wildman–Crippen MR) is 121 cm³/mol. The first-order valence-electron chi connectivity index (χ1n) is 10.4. The van der Waals surface area contributed by atoms with Crippen molar-refractivity contribution in [3.63, 3.8) is 0 Å². The van der Waals surface area contributed by atoms with Crippen LogP contribution in [0.25, 0.3) is 0 Å². The molecular formula is C24H32N2O3S. The highest BCUT2D eigenvalue weighted by molar-refractivity contribution is 7.98. The molecule has 2 amide bonds. The van der Waals surface area contributed by atoms with Crippen LogP contribution in [0.2, 0.25) is 0 Å². The zero-order chi connectivity index (χ0) is 22.1. The molecular weight excluding hydrogens is 396 g/mol. The normalized spacial score (nSPS) is 16.7. The number of likely N-dealkylation sites (N-methyl/N-ethyl adjacent to an activating group) is 1. The molecule has 5 nitrogen and oxygen atoms in total. The van der Waals surface area contributed by atoms with Crippen LogP contribution in [0, 0.1) is 6.92 Å². The van der Waals surface area contributed by atoms with Crippen LogP contribution < -0.4 is 0 Å². The van der Waals surface area contributed by atoms with Crippen molar-refractivity contribution in [1.82, 2.24) is 9.80 Å². The Balaban J connectivity index is 1.62. The van der Waals surface area contributed by atoms with Crippen molar-refractivity contribution in [2.45, 2.75) is 63.1 Å². The van der Waals surface area contributed by atoms with Gasteiger partial charge in [0.1, 0.15) is 5.76 Å². The Morgan fingerprint density at radius 3 is 2.63 bits per heavy atom. The molecule has 0 bridgehead atoms. The number of likely N-dealkylation sites (tertiary alicyclic amines) is 1. The molecule has 0 aliphatic carbocycles. The first-order chi connectivity index (χ1) is 14.1. The van der Waals surface area contributed by atoms with Gasteiger partial charge in [-0.05, 0) is 48.1 Å². The van der Waals surface area contributed by atoms with Gasteiger partial charge < -0.3 is 14.2 Å². The van der Waals surface area contributed by atoms with Gasteiger partial charge >= 0.3 is 0 Å². The highest BCUT2D eigenvalue weighted by Crippen LogP contribution is 2.32. The van der Waals surface area contributed by atoms with Gasteiger partial charge in [-0.3, -0.25) is 9.59 Å². The van der Waals surface area contributed by atoms with Crippen LogP contribution >= 0.6 is 11.8 Å². The number of nitrogens with zero attached hydrogens (tertiary/aromatic N) is 2. The second-order valence-corrected chi connectivity index (χ2v) is 10.1. The summed E-state index contributed by atoms with van der Waals surface area (Å²) in [6.07, 6.45) is 0.800. The van der Waals surface area contributed by atoms with E-state index in [0.717, 1.165) is 12.2 Å². The van der Waals surface area contributed by atoms with Crippen LogP contribution in [-0.4, -0.2) is 47.8 Å². The molecule has 6 heteroatoms. The van der Waals surface area contributed by atoms with Gasteiger partial charge in [0.05, 0.1) is 11.8 Å². The van der Waals surface area contributed by atoms with Gasteiger partial charge in [-0.15, -0.1) is 11.8 Å². The van der Waals surface area contributed by atoms with E-state index in [1.807, 2.05) is 6.07 Å². The summed E-state index contributed by atoms with van der Waals surface area (Å²) in [6, 6.07) is 10.3. The van der Waals surface area contributed by atoms with Crippen molar-refractivity contribution in [1.29, 1.82) is 0 Å². The first kappa shape index (κ1) is 22.5. The van der Waals surface area contributed by atoms with Crippen LogP contribution in [0.5, 0.6) is 0 Å². The topological polar surface area (TPSA) is 53.8 Å². The molecule has 1 saturated heterocycles.